The highest BCUT2D eigenvalue weighted by atomic mass is 35.5. The second-order valence-corrected chi connectivity index (χ2v) is 10.5. The summed E-state index contributed by atoms with van der Waals surface area (Å²) in [6.45, 7) is 4.67. The van der Waals surface area contributed by atoms with Crippen molar-refractivity contribution in [2.24, 2.45) is 0 Å². The van der Waals surface area contributed by atoms with E-state index in [0.29, 0.717) is 0 Å². The molecule has 0 unspecified atom stereocenters. The van der Waals surface area contributed by atoms with Gasteiger partial charge in [0.2, 0.25) is 0 Å². The van der Waals surface area contributed by atoms with E-state index in [-0.39, 0.29) is 5.41 Å². The summed E-state index contributed by atoms with van der Waals surface area (Å²) in [6.07, 6.45) is 0. The molecule has 0 fully saturated rings. The smallest absolute Gasteiger partial charge is 0.0465 e. The zero-order valence-electron chi connectivity index (χ0n) is 19.7. The van der Waals surface area contributed by atoms with Gasteiger partial charge in [0.25, 0.3) is 0 Å². The fourth-order valence-electron chi connectivity index (χ4n) is 5.98. The maximum atomic E-state index is 6.40. The summed E-state index contributed by atoms with van der Waals surface area (Å²) in [7, 11) is 0. The van der Waals surface area contributed by atoms with E-state index in [1.807, 2.05) is 6.07 Å². The first kappa shape index (κ1) is 20.6. The summed E-state index contributed by atoms with van der Waals surface area (Å²) >= 11 is 6.40. The zero-order chi connectivity index (χ0) is 23.7. The van der Waals surface area contributed by atoms with Crippen LogP contribution in [0.5, 0.6) is 0 Å². The van der Waals surface area contributed by atoms with Crippen LogP contribution >= 0.6 is 11.6 Å². The number of halogens is 1. The van der Waals surface area contributed by atoms with Crippen LogP contribution in [0.1, 0.15) is 25.0 Å². The average Bonchev–Trinajstić information content (AvgIpc) is 3.03. The van der Waals surface area contributed by atoms with Crippen LogP contribution in [-0.4, -0.2) is 0 Å². The maximum absolute atomic E-state index is 6.40. The first-order valence-electron chi connectivity index (χ1n) is 12.1. The Labute approximate surface area is 211 Å². The minimum atomic E-state index is -0.0112. The van der Waals surface area contributed by atoms with Crippen molar-refractivity contribution in [1.29, 1.82) is 0 Å². The van der Waals surface area contributed by atoms with Crippen LogP contribution in [0.4, 0.5) is 11.4 Å². The predicted molar refractivity (Wildman–Crippen MR) is 149 cm³/mol. The van der Waals surface area contributed by atoms with Crippen molar-refractivity contribution >= 4 is 23.0 Å². The SMILES string of the molecule is CC1(C)c2ccccc2-c2c(-c3ccc4c(c3)-c3ccccc3-c3cc(Cl)ccc3N4)cccc21. The molecule has 0 aromatic heterocycles. The van der Waals surface area contributed by atoms with Crippen LogP contribution in [0.25, 0.3) is 44.5 Å². The van der Waals surface area contributed by atoms with Gasteiger partial charge in [0.15, 0.2) is 0 Å². The lowest BCUT2D eigenvalue weighted by molar-refractivity contribution is 0.660. The van der Waals surface area contributed by atoms with Gasteiger partial charge in [-0.05, 0) is 74.8 Å². The molecule has 1 aliphatic carbocycles. The molecule has 0 saturated carbocycles. The standard InChI is InChI=1S/C33H24ClN/c1-33(2)28-12-6-5-10-25(28)32-22(11-7-13-29(32)33)20-14-16-30-26(18-20)23-8-3-4-9-24(23)27-19-21(34)15-17-31(27)35-30/h3-19,35H,1-2H3. The number of nitrogens with one attached hydrogen (secondary N) is 1. The lowest BCUT2D eigenvalue weighted by Crippen LogP contribution is -2.14. The summed E-state index contributed by atoms with van der Waals surface area (Å²) in [5.74, 6) is 0. The van der Waals surface area contributed by atoms with E-state index in [4.69, 9.17) is 11.6 Å². The Morgan fingerprint density at radius 3 is 1.91 bits per heavy atom. The van der Waals surface area contributed by atoms with Crippen LogP contribution < -0.4 is 5.32 Å². The molecule has 1 aliphatic heterocycles. The number of hydrogen-bond acceptors (Lipinski definition) is 1. The molecule has 5 aromatic carbocycles. The molecule has 168 valence electrons. The molecule has 0 radical (unpaired) electrons. The Bertz CT molecular complexity index is 1660. The fraction of sp³-hybridized carbons (Fsp3) is 0.0909. The van der Waals surface area contributed by atoms with E-state index in [2.05, 4.69) is 116 Å². The van der Waals surface area contributed by atoms with E-state index >= 15 is 0 Å². The van der Waals surface area contributed by atoms with Crippen molar-refractivity contribution in [1.82, 2.24) is 0 Å². The maximum Gasteiger partial charge on any atom is 0.0465 e. The van der Waals surface area contributed by atoms with Crippen molar-refractivity contribution < 1.29 is 0 Å². The molecule has 2 heteroatoms. The van der Waals surface area contributed by atoms with Crippen LogP contribution in [0.2, 0.25) is 5.02 Å². The Kier molecular flexibility index (Phi) is 4.31. The summed E-state index contributed by atoms with van der Waals surface area (Å²) in [5.41, 5.74) is 14.9. The third-order valence-electron chi connectivity index (χ3n) is 7.70. The fourth-order valence-corrected chi connectivity index (χ4v) is 6.16. The van der Waals surface area contributed by atoms with Gasteiger partial charge in [-0.2, -0.15) is 0 Å². The van der Waals surface area contributed by atoms with E-state index in [1.54, 1.807) is 0 Å². The number of hydrogen-bond donors (Lipinski definition) is 1. The predicted octanol–water partition coefficient (Wildman–Crippen LogP) is 9.70. The van der Waals surface area contributed by atoms with Gasteiger partial charge < -0.3 is 5.32 Å². The highest BCUT2D eigenvalue weighted by Crippen LogP contribution is 2.53. The minimum absolute atomic E-state index is 0.0112. The van der Waals surface area contributed by atoms with E-state index < -0.39 is 0 Å². The molecule has 5 aromatic rings. The van der Waals surface area contributed by atoms with Crippen molar-refractivity contribution in [2.45, 2.75) is 19.3 Å². The molecule has 7 rings (SSSR count). The van der Waals surface area contributed by atoms with Crippen LogP contribution in [0, 0.1) is 0 Å². The van der Waals surface area contributed by atoms with Gasteiger partial charge in [0.1, 0.15) is 0 Å². The van der Waals surface area contributed by atoms with Crippen LogP contribution in [0.15, 0.2) is 103 Å². The lowest BCUT2D eigenvalue weighted by Gasteiger charge is -2.21. The third kappa shape index (κ3) is 2.95. The largest absolute Gasteiger partial charge is 0.355 e. The van der Waals surface area contributed by atoms with Gasteiger partial charge in [0.05, 0.1) is 0 Å². The number of anilines is 2. The Hall–Kier alpha value is -3.81. The van der Waals surface area contributed by atoms with E-state index in [1.165, 1.54) is 50.1 Å². The number of rotatable bonds is 1. The second-order valence-electron chi connectivity index (χ2n) is 10.0. The molecule has 1 N–H and O–H groups in total. The van der Waals surface area contributed by atoms with Gasteiger partial charge in [-0.1, -0.05) is 98.2 Å². The number of fused-ring (bicyclic) bond motifs is 8. The quantitative estimate of drug-likeness (QED) is 0.252. The molecule has 1 heterocycles. The van der Waals surface area contributed by atoms with Crippen LogP contribution in [-0.2, 0) is 5.41 Å². The summed E-state index contributed by atoms with van der Waals surface area (Å²) in [4.78, 5) is 0. The van der Waals surface area contributed by atoms with Crippen molar-refractivity contribution in [3.63, 3.8) is 0 Å². The first-order chi connectivity index (χ1) is 17.0. The normalized spacial score (nSPS) is 14.0. The van der Waals surface area contributed by atoms with Gasteiger partial charge >= 0.3 is 0 Å². The molecule has 35 heavy (non-hydrogen) atoms. The number of benzene rings is 5. The van der Waals surface area contributed by atoms with Gasteiger partial charge in [0, 0.05) is 32.9 Å². The highest BCUT2D eigenvalue weighted by molar-refractivity contribution is 6.31. The van der Waals surface area contributed by atoms with Crippen LogP contribution in [0.3, 0.4) is 0 Å². The molecular weight excluding hydrogens is 446 g/mol. The van der Waals surface area contributed by atoms with Crippen molar-refractivity contribution in [3.8, 4) is 44.5 Å². The van der Waals surface area contributed by atoms with Gasteiger partial charge in [-0.25, -0.2) is 0 Å². The summed E-state index contributed by atoms with van der Waals surface area (Å²) in [5, 5.41) is 4.42. The average molecular weight is 470 g/mol. The van der Waals surface area contributed by atoms with E-state index in [0.717, 1.165) is 22.0 Å². The van der Waals surface area contributed by atoms with Crippen molar-refractivity contribution in [2.75, 3.05) is 5.32 Å². The zero-order valence-corrected chi connectivity index (χ0v) is 20.4. The lowest BCUT2D eigenvalue weighted by atomic mass is 9.82. The van der Waals surface area contributed by atoms with Gasteiger partial charge in [-0.3, -0.25) is 0 Å². The topological polar surface area (TPSA) is 12.0 Å². The summed E-state index contributed by atoms with van der Waals surface area (Å²) < 4.78 is 0. The Balaban J connectivity index is 1.47. The monoisotopic (exact) mass is 469 g/mol. The van der Waals surface area contributed by atoms with E-state index in [9.17, 15) is 0 Å². The molecule has 2 aliphatic rings. The Morgan fingerprint density at radius 2 is 1.14 bits per heavy atom. The van der Waals surface area contributed by atoms with Gasteiger partial charge in [-0.15, -0.1) is 0 Å². The molecule has 1 nitrogen and oxygen atoms in total. The Morgan fingerprint density at radius 1 is 0.543 bits per heavy atom. The first-order valence-corrected chi connectivity index (χ1v) is 12.4. The third-order valence-corrected chi connectivity index (χ3v) is 7.93. The molecule has 0 amide bonds. The van der Waals surface area contributed by atoms with Crippen molar-refractivity contribution in [3.05, 3.63) is 119 Å². The molecular formula is C33H24ClN. The molecule has 0 saturated heterocycles. The highest BCUT2D eigenvalue weighted by Gasteiger charge is 2.36. The second kappa shape index (κ2) is 7.34. The summed E-state index contributed by atoms with van der Waals surface area (Å²) in [6, 6.07) is 37.1. The molecule has 0 atom stereocenters. The minimum Gasteiger partial charge on any atom is -0.355 e. The molecule has 0 spiro atoms. The molecule has 0 bridgehead atoms.